The van der Waals surface area contributed by atoms with Gasteiger partial charge >= 0.3 is 0 Å². The number of Topliss-reactive ketones (excluding diaryl/α,β-unsaturated/α-hetero) is 1. The van der Waals surface area contributed by atoms with Crippen molar-refractivity contribution < 1.29 is 4.79 Å². The molecule has 0 aromatic heterocycles. The molecule has 2 aromatic carbocycles. The van der Waals surface area contributed by atoms with E-state index in [1.54, 1.807) is 0 Å². The highest BCUT2D eigenvalue weighted by molar-refractivity contribution is 9.10. The van der Waals surface area contributed by atoms with Crippen LogP contribution in [0.1, 0.15) is 22.8 Å². The molecule has 19 heavy (non-hydrogen) atoms. The normalized spacial score (nSPS) is 10.2. The van der Waals surface area contributed by atoms with E-state index in [9.17, 15) is 4.79 Å². The molecule has 0 spiro atoms. The number of hydrogen-bond donors (Lipinski definition) is 1. The van der Waals surface area contributed by atoms with Crippen LogP contribution in [0.3, 0.4) is 0 Å². The maximum Gasteiger partial charge on any atom is 0.181 e. The lowest BCUT2D eigenvalue weighted by Gasteiger charge is -2.07. The first-order chi connectivity index (χ1) is 9.19. The van der Waals surface area contributed by atoms with Gasteiger partial charge in [-0.3, -0.25) is 4.79 Å². The number of halogens is 1. The summed E-state index contributed by atoms with van der Waals surface area (Å²) in [6, 6.07) is 15.6. The van der Waals surface area contributed by atoms with Gasteiger partial charge in [0.15, 0.2) is 5.78 Å². The van der Waals surface area contributed by atoms with Gasteiger partial charge in [0, 0.05) is 15.7 Å². The lowest BCUT2D eigenvalue weighted by Crippen LogP contribution is -2.14. The highest BCUT2D eigenvalue weighted by atomic mass is 79.9. The molecule has 0 atom stereocenters. The summed E-state index contributed by atoms with van der Waals surface area (Å²) in [6.45, 7) is 2.40. The van der Waals surface area contributed by atoms with E-state index in [1.807, 2.05) is 48.5 Å². The van der Waals surface area contributed by atoms with E-state index in [-0.39, 0.29) is 5.78 Å². The molecule has 2 nitrogen and oxygen atoms in total. The largest absolute Gasteiger partial charge is 0.378 e. The SMILES string of the molecule is CCc1cccc(C(=O)CNc2ccc(Br)cc2)c1. The van der Waals surface area contributed by atoms with E-state index < -0.39 is 0 Å². The maximum absolute atomic E-state index is 12.1. The third-order valence-electron chi connectivity index (χ3n) is 2.95. The Balaban J connectivity index is 1.99. The highest BCUT2D eigenvalue weighted by Crippen LogP contribution is 2.14. The van der Waals surface area contributed by atoms with Crippen LogP contribution in [0.15, 0.2) is 53.0 Å². The van der Waals surface area contributed by atoms with Crippen molar-refractivity contribution in [2.45, 2.75) is 13.3 Å². The molecule has 0 saturated heterocycles. The molecule has 0 aliphatic heterocycles. The van der Waals surface area contributed by atoms with Crippen molar-refractivity contribution in [3.05, 3.63) is 64.1 Å². The van der Waals surface area contributed by atoms with Crippen LogP contribution < -0.4 is 5.32 Å². The zero-order valence-electron chi connectivity index (χ0n) is 10.8. The lowest BCUT2D eigenvalue weighted by atomic mass is 10.1. The summed E-state index contributed by atoms with van der Waals surface area (Å²) in [4.78, 5) is 12.1. The van der Waals surface area contributed by atoms with Gasteiger partial charge in [-0.05, 0) is 42.3 Å². The summed E-state index contributed by atoms with van der Waals surface area (Å²) in [5, 5.41) is 3.14. The van der Waals surface area contributed by atoms with Crippen LogP contribution >= 0.6 is 15.9 Å². The number of hydrogen-bond acceptors (Lipinski definition) is 2. The maximum atomic E-state index is 12.1. The van der Waals surface area contributed by atoms with Crippen molar-refractivity contribution in [3.63, 3.8) is 0 Å². The third kappa shape index (κ3) is 3.93. The molecule has 0 aliphatic rings. The van der Waals surface area contributed by atoms with Gasteiger partial charge in [-0.2, -0.15) is 0 Å². The molecule has 2 aromatic rings. The van der Waals surface area contributed by atoms with Crippen LogP contribution in [-0.2, 0) is 6.42 Å². The molecule has 0 amide bonds. The van der Waals surface area contributed by atoms with Crippen molar-refractivity contribution in [3.8, 4) is 0 Å². The van der Waals surface area contributed by atoms with Gasteiger partial charge in [-0.15, -0.1) is 0 Å². The third-order valence-corrected chi connectivity index (χ3v) is 3.48. The standard InChI is InChI=1S/C16H16BrNO/c1-2-12-4-3-5-13(10-12)16(19)11-18-15-8-6-14(17)7-9-15/h3-10,18H,2,11H2,1H3. The molecule has 3 heteroatoms. The summed E-state index contributed by atoms with van der Waals surface area (Å²) in [5.74, 6) is 0.109. The van der Waals surface area contributed by atoms with Crippen LogP contribution in [0.4, 0.5) is 5.69 Å². The van der Waals surface area contributed by atoms with Gasteiger partial charge in [-0.25, -0.2) is 0 Å². The molecular formula is C16H16BrNO. The van der Waals surface area contributed by atoms with Crippen molar-refractivity contribution >= 4 is 27.4 Å². The van der Waals surface area contributed by atoms with Crippen LogP contribution in [0.5, 0.6) is 0 Å². The summed E-state index contributed by atoms with van der Waals surface area (Å²) in [7, 11) is 0. The number of aryl methyl sites for hydroxylation is 1. The van der Waals surface area contributed by atoms with E-state index in [2.05, 4.69) is 28.2 Å². The molecule has 98 valence electrons. The minimum atomic E-state index is 0.109. The average molecular weight is 318 g/mol. The van der Waals surface area contributed by atoms with E-state index in [4.69, 9.17) is 0 Å². The fraction of sp³-hybridized carbons (Fsp3) is 0.188. The van der Waals surface area contributed by atoms with Gasteiger partial charge in [0.05, 0.1) is 6.54 Å². The predicted octanol–water partition coefficient (Wildman–Crippen LogP) is 4.31. The fourth-order valence-corrected chi connectivity index (χ4v) is 2.08. The minimum Gasteiger partial charge on any atom is -0.378 e. The van der Waals surface area contributed by atoms with Gasteiger partial charge in [0.2, 0.25) is 0 Å². The van der Waals surface area contributed by atoms with Crippen molar-refractivity contribution in [2.24, 2.45) is 0 Å². The van der Waals surface area contributed by atoms with E-state index in [0.29, 0.717) is 6.54 Å². The van der Waals surface area contributed by atoms with E-state index in [1.165, 1.54) is 5.56 Å². The van der Waals surface area contributed by atoms with Crippen LogP contribution in [0.25, 0.3) is 0 Å². The molecule has 0 aliphatic carbocycles. The number of nitrogens with one attached hydrogen (secondary N) is 1. The number of rotatable bonds is 5. The number of carbonyl (C=O) groups excluding carboxylic acids is 1. The van der Waals surface area contributed by atoms with Crippen molar-refractivity contribution in [1.29, 1.82) is 0 Å². The van der Waals surface area contributed by atoms with Gasteiger partial charge in [0.25, 0.3) is 0 Å². The van der Waals surface area contributed by atoms with Crippen LogP contribution in [0, 0.1) is 0 Å². The second-order valence-corrected chi connectivity index (χ2v) is 5.25. The Hall–Kier alpha value is -1.61. The number of ketones is 1. The van der Waals surface area contributed by atoms with E-state index >= 15 is 0 Å². The molecule has 1 N–H and O–H groups in total. The quantitative estimate of drug-likeness (QED) is 0.833. The molecule has 0 fully saturated rings. The molecule has 0 bridgehead atoms. The Labute approximate surface area is 122 Å². The first kappa shape index (κ1) is 13.8. The second-order valence-electron chi connectivity index (χ2n) is 4.34. The highest BCUT2D eigenvalue weighted by Gasteiger charge is 2.05. The summed E-state index contributed by atoms with van der Waals surface area (Å²) >= 11 is 3.38. The Kier molecular flexibility index (Phi) is 4.74. The minimum absolute atomic E-state index is 0.109. The number of benzene rings is 2. The van der Waals surface area contributed by atoms with Gasteiger partial charge in [-0.1, -0.05) is 41.1 Å². The summed E-state index contributed by atoms with van der Waals surface area (Å²) < 4.78 is 1.03. The monoisotopic (exact) mass is 317 g/mol. The zero-order valence-corrected chi connectivity index (χ0v) is 12.4. The second kappa shape index (κ2) is 6.53. The number of anilines is 1. The van der Waals surface area contributed by atoms with Crippen LogP contribution in [-0.4, -0.2) is 12.3 Å². The molecular weight excluding hydrogens is 302 g/mol. The van der Waals surface area contributed by atoms with E-state index in [0.717, 1.165) is 22.1 Å². The van der Waals surface area contributed by atoms with Crippen molar-refractivity contribution in [2.75, 3.05) is 11.9 Å². The molecule has 2 rings (SSSR count). The topological polar surface area (TPSA) is 29.1 Å². The van der Waals surface area contributed by atoms with Gasteiger partial charge < -0.3 is 5.32 Å². The fourth-order valence-electron chi connectivity index (χ4n) is 1.82. The molecule has 0 heterocycles. The Bertz CT molecular complexity index is 563. The number of carbonyl (C=O) groups is 1. The molecule has 0 saturated carbocycles. The first-order valence-corrected chi connectivity index (χ1v) is 7.10. The Morgan fingerprint density at radius 1 is 1.16 bits per heavy atom. The predicted molar refractivity (Wildman–Crippen MR) is 82.8 cm³/mol. The first-order valence-electron chi connectivity index (χ1n) is 6.30. The lowest BCUT2D eigenvalue weighted by molar-refractivity contribution is 0.101. The molecule has 0 unspecified atom stereocenters. The Morgan fingerprint density at radius 2 is 1.89 bits per heavy atom. The Morgan fingerprint density at radius 3 is 2.58 bits per heavy atom. The van der Waals surface area contributed by atoms with Gasteiger partial charge in [0.1, 0.15) is 0 Å². The zero-order chi connectivity index (χ0) is 13.7. The summed E-state index contributed by atoms with van der Waals surface area (Å²) in [6.07, 6.45) is 0.946. The van der Waals surface area contributed by atoms with Crippen LogP contribution in [0.2, 0.25) is 0 Å². The smallest absolute Gasteiger partial charge is 0.181 e. The van der Waals surface area contributed by atoms with Crippen molar-refractivity contribution in [1.82, 2.24) is 0 Å². The average Bonchev–Trinajstić information content (AvgIpc) is 2.46. The summed E-state index contributed by atoms with van der Waals surface area (Å²) in [5.41, 5.74) is 2.90. The molecule has 0 radical (unpaired) electrons.